The van der Waals surface area contributed by atoms with Gasteiger partial charge < -0.3 is 10.0 Å². The molecule has 0 bridgehead atoms. The summed E-state index contributed by atoms with van der Waals surface area (Å²) in [4.78, 5) is 25.7. The van der Waals surface area contributed by atoms with Crippen molar-refractivity contribution in [2.75, 3.05) is 6.54 Å². The van der Waals surface area contributed by atoms with Gasteiger partial charge in [0.25, 0.3) is 0 Å². The monoisotopic (exact) mass is 265 g/mol. The minimum Gasteiger partial charge on any atom is -0.481 e. The third-order valence-corrected chi connectivity index (χ3v) is 5.68. The van der Waals surface area contributed by atoms with Crippen molar-refractivity contribution in [3.05, 3.63) is 0 Å². The van der Waals surface area contributed by atoms with Crippen LogP contribution in [0.25, 0.3) is 0 Å². The topological polar surface area (TPSA) is 57.6 Å². The Morgan fingerprint density at radius 3 is 2.53 bits per heavy atom. The van der Waals surface area contributed by atoms with Gasteiger partial charge in [-0.15, -0.1) is 0 Å². The minimum absolute atomic E-state index is 0.141. The Labute approximate surface area is 114 Å². The zero-order valence-electron chi connectivity index (χ0n) is 11.6. The van der Waals surface area contributed by atoms with Crippen LogP contribution >= 0.6 is 0 Å². The first-order chi connectivity index (χ1) is 9.05. The molecule has 2 saturated carbocycles. The van der Waals surface area contributed by atoms with E-state index in [4.69, 9.17) is 0 Å². The highest BCUT2D eigenvalue weighted by Crippen LogP contribution is 2.63. The summed E-state index contributed by atoms with van der Waals surface area (Å²) in [5, 5.41) is 9.23. The highest BCUT2D eigenvalue weighted by Gasteiger charge is 2.60. The number of piperidine rings is 1. The summed E-state index contributed by atoms with van der Waals surface area (Å²) in [5.74, 6) is -0.697. The van der Waals surface area contributed by atoms with Crippen LogP contribution in [-0.2, 0) is 9.59 Å². The highest BCUT2D eigenvalue weighted by atomic mass is 16.4. The normalized spacial score (nSPS) is 36.5. The van der Waals surface area contributed by atoms with Crippen LogP contribution in [0.2, 0.25) is 0 Å². The second-order valence-electron chi connectivity index (χ2n) is 6.69. The molecule has 1 spiro atoms. The largest absolute Gasteiger partial charge is 0.481 e. The molecule has 1 unspecified atom stereocenters. The molecular formula is C15H23NO3. The molecule has 3 fully saturated rings. The van der Waals surface area contributed by atoms with Crippen molar-refractivity contribution in [1.82, 2.24) is 4.90 Å². The number of hydrogen-bond acceptors (Lipinski definition) is 2. The third-order valence-electron chi connectivity index (χ3n) is 5.68. The lowest BCUT2D eigenvalue weighted by Gasteiger charge is -2.38. The average molecular weight is 265 g/mol. The molecule has 1 amide bonds. The van der Waals surface area contributed by atoms with Crippen molar-refractivity contribution in [1.29, 1.82) is 0 Å². The van der Waals surface area contributed by atoms with Crippen LogP contribution in [0, 0.1) is 17.3 Å². The first kappa shape index (κ1) is 12.9. The molecule has 1 N–H and O–H groups in total. The fraction of sp³-hybridized carbons (Fsp3) is 0.867. The number of nitrogens with zero attached hydrogens (tertiary/aromatic N) is 1. The third kappa shape index (κ3) is 2.05. The van der Waals surface area contributed by atoms with Gasteiger partial charge in [0, 0.05) is 18.5 Å². The number of hydrogen-bond donors (Lipinski definition) is 1. The van der Waals surface area contributed by atoms with Crippen molar-refractivity contribution in [2.45, 2.75) is 57.9 Å². The van der Waals surface area contributed by atoms with Crippen LogP contribution in [0.15, 0.2) is 0 Å². The van der Waals surface area contributed by atoms with Gasteiger partial charge in [-0.25, -0.2) is 0 Å². The number of carboxylic acids is 1. The molecule has 3 rings (SSSR count). The Morgan fingerprint density at radius 2 is 1.89 bits per heavy atom. The zero-order valence-corrected chi connectivity index (χ0v) is 11.6. The van der Waals surface area contributed by atoms with Gasteiger partial charge in [0.15, 0.2) is 0 Å². The van der Waals surface area contributed by atoms with Gasteiger partial charge in [0.1, 0.15) is 0 Å². The summed E-state index contributed by atoms with van der Waals surface area (Å²) in [7, 11) is 0. The Kier molecular flexibility index (Phi) is 3.06. The average Bonchev–Trinajstić information content (AvgIpc) is 2.86. The van der Waals surface area contributed by atoms with Gasteiger partial charge in [-0.1, -0.05) is 12.8 Å². The fourth-order valence-corrected chi connectivity index (χ4v) is 4.31. The molecule has 0 aromatic carbocycles. The summed E-state index contributed by atoms with van der Waals surface area (Å²) in [5.41, 5.74) is 0.312. The molecule has 19 heavy (non-hydrogen) atoms. The summed E-state index contributed by atoms with van der Waals surface area (Å²) >= 11 is 0. The highest BCUT2D eigenvalue weighted by molar-refractivity contribution is 5.84. The summed E-state index contributed by atoms with van der Waals surface area (Å²) in [6.45, 7) is 2.65. The Hall–Kier alpha value is -1.06. The van der Waals surface area contributed by atoms with E-state index in [-0.39, 0.29) is 23.8 Å². The van der Waals surface area contributed by atoms with Crippen molar-refractivity contribution >= 4 is 11.9 Å². The Balaban J connectivity index is 1.68. The van der Waals surface area contributed by atoms with Gasteiger partial charge in [-0.05, 0) is 44.4 Å². The molecule has 2 aliphatic carbocycles. The molecule has 4 nitrogen and oxygen atoms in total. The van der Waals surface area contributed by atoms with Crippen molar-refractivity contribution in [3.63, 3.8) is 0 Å². The first-order valence-electron chi connectivity index (χ1n) is 7.58. The summed E-state index contributed by atoms with van der Waals surface area (Å²) in [6.07, 6.45) is 7.51. The number of carbonyl (C=O) groups excluding carboxylic acids is 1. The second-order valence-corrected chi connectivity index (χ2v) is 6.69. The summed E-state index contributed by atoms with van der Waals surface area (Å²) < 4.78 is 0. The van der Waals surface area contributed by atoms with Crippen LogP contribution in [-0.4, -0.2) is 34.5 Å². The van der Waals surface area contributed by atoms with Crippen molar-refractivity contribution in [2.24, 2.45) is 17.3 Å². The minimum atomic E-state index is -0.753. The smallest absolute Gasteiger partial charge is 0.308 e. The lowest BCUT2D eigenvalue weighted by Crippen LogP contribution is -2.50. The van der Waals surface area contributed by atoms with E-state index in [2.05, 4.69) is 0 Å². The first-order valence-corrected chi connectivity index (χ1v) is 7.58. The number of carbonyl (C=O) groups is 2. The van der Waals surface area contributed by atoms with Gasteiger partial charge in [0.05, 0.1) is 5.92 Å². The van der Waals surface area contributed by atoms with Gasteiger partial charge in [-0.3, -0.25) is 9.59 Å². The number of carboxylic acid groups (broad SMARTS) is 1. The molecule has 1 aliphatic heterocycles. The van der Waals surface area contributed by atoms with E-state index in [0.717, 1.165) is 19.4 Å². The molecule has 3 aliphatic rings. The van der Waals surface area contributed by atoms with Gasteiger partial charge in [-0.2, -0.15) is 0 Å². The van der Waals surface area contributed by atoms with Crippen molar-refractivity contribution in [3.8, 4) is 0 Å². The predicted octanol–water partition coefficient (Wildman–Crippen LogP) is 2.28. The molecule has 1 heterocycles. The molecule has 106 valence electrons. The molecule has 0 radical (unpaired) electrons. The summed E-state index contributed by atoms with van der Waals surface area (Å²) in [6, 6.07) is -0.141. The number of likely N-dealkylation sites (tertiary alicyclic amines) is 1. The number of amides is 1. The zero-order chi connectivity index (χ0) is 13.6. The van der Waals surface area contributed by atoms with E-state index >= 15 is 0 Å². The van der Waals surface area contributed by atoms with Crippen molar-refractivity contribution < 1.29 is 14.7 Å². The Morgan fingerprint density at radius 1 is 1.21 bits per heavy atom. The van der Waals surface area contributed by atoms with Crippen LogP contribution in [0.4, 0.5) is 0 Å². The Bertz CT molecular complexity index is 400. The van der Waals surface area contributed by atoms with E-state index in [9.17, 15) is 14.7 Å². The van der Waals surface area contributed by atoms with E-state index in [1.165, 1.54) is 25.7 Å². The van der Waals surface area contributed by atoms with Gasteiger partial charge >= 0.3 is 5.97 Å². The van der Waals surface area contributed by atoms with E-state index in [0.29, 0.717) is 11.8 Å². The molecule has 4 heteroatoms. The lowest BCUT2D eigenvalue weighted by molar-refractivity contribution is -0.149. The maximum atomic E-state index is 12.6. The van der Waals surface area contributed by atoms with E-state index < -0.39 is 5.97 Å². The van der Waals surface area contributed by atoms with E-state index in [1.807, 2.05) is 11.8 Å². The van der Waals surface area contributed by atoms with Crippen LogP contribution in [0.3, 0.4) is 0 Å². The van der Waals surface area contributed by atoms with E-state index in [1.54, 1.807) is 0 Å². The number of rotatable bonds is 2. The van der Waals surface area contributed by atoms with Crippen LogP contribution in [0.5, 0.6) is 0 Å². The maximum absolute atomic E-state index is 12.6. The molecular weight excluding hydrogens is 242 g/mol. The predicted molar refractivity (Wildman–Crippen MR) is 70.5 cm³/mol. The second kappa shape index (κ2) is 4.50. The van der Waals surface area contributed by atoms with Gasteiger partial charge in [0.2, 0.25) is 5.91 Å². The lowest BCUT2D eigenvalue weighted by atomic mass is 9.89. The molecule has 0 aromatic heterocycles. The molecule has 3 atom stereocenters. The maximum Gasteiger partial charge on any atom is 0.308 e. The molecule has 1 saturated heterocycles. The van der Waals surface area contributed by atoms with Crippen LogP contribution < -0.4 is 0 Å². The fourth-order valence-electron chi connectivity index (χ4n) is 4.31. The SMILES string of the molecule is C[C@@H]1[C@H](C(=O)O)CCCN1C(=O)C1CC12CCCC2. The molecule has 0 aromatic rings. The quantitative estimate of drug-likeness (QED) is 0.833. The number of aliphatic carboxylic acids is 1. The van der Waals surface area contributed by atoms with Crippen LogP contribution in [0.1, 0.15) is 51.9 Å². The standard InChI is InChI=1S/C15H23NO3/c1-10-11(14(18)19)5-4-8-16(10)13(17)12-9-15(12)6-2-3-7-15/h10-12H,2-9H2,1H3,(H,18,19)/t10-,11-,12?/m1/s1.